The minimum atomic E-state index is 0.613. The quantitative estimate of drug-likeness (QED) is 0.376. The zero-order chi connectivity index (χ0) is 13.1. The van der Waals surface area contributed by atoms with Gasteiger partial charge in [-0.05, 0) is 28.3 Å². The Bertz CT molecular complexity index is 599. The van der Waals surface area contributed by atoms with Crippen molar-refractivity contribution in [3.8, 4) is 0 Å². The number of hydrogen-bond acceptors (Lipinski definition) is 5. The van der Waals surface area contributed by atoms with E-state index in [2.05, 4.69) is 35.9 Å². The van der Waals surface area contributed by atoms with Gasteiger partial charge in [0.25, 0.3) is 0 Å². The first-order valence-electron chi connectivity index (χ1n) is 5.18. The van der Waals surface area contributed by atoms with Crippen LogP contribution in [0.3, 0.4) is 0 Å². The number of rotatable bonds is 3. The Labute approximate surface area is 118 Å². The Morgan fingerprint density at radius 1 is 1.39 bits per heavy atom. The fourth-order valence-corrected chi connectivity index (χ4v) is 2.05. The van der Waals surface area contributed by atoms with Crippen molar-refractivity contribution in [2.45, 2.75) is 5.16 Å². The smallest absolute Gasteiger partial charge is 0.189 e. The molecule has 94 valence electrons. The van der Waals surface area contributed by atoms with Crippen LogP contribution in [0, 0.1) is 0 Å². The third kappa shape index (κ3) is 2.97. The number of aromatic nitrogens is 3. The predicted molar refractivity (Wildman–Crippen MR) is 78.7 cm³/mol. The van der Waals surface area contributed by atoms with Crippen LogP contribution in [0.5, 0.6) is 0 Å². The summed E-state index contributed by atoms with van der Waals surface area (Å²) >= 11 is 4.94. The highest BCUT2D eigenvalue weighted by atomic mass is 79.9. The molecular weight excluding hydrogens is 314 g/mol. The Hall–Kier alpha value is -1.21. The Balaban J connectivity index is 2.51. The van der Waals surface area contributed by atoms with Gasteiger partial charge in [0.05, 0.1) is 10.8 Å². The van der Waals surface area contributed by atoms with Gasteiger partial charge in [0.15, 0.2) is 16.6 Å². The van der Waals surface area contributed by atoms with Crippen LogP contribution < -0.4 is 0 Å². The zero-order valence-electron chi connectivity index (χ0n) is 10.3. The van der Waals surface area contributed by atoms with Crippen LogP contribution in [0.4, 0.5) is 5.82 Å². The molecule has 0 amide bonds. The molecule has 0 spiro atoms. The second-order valence-corrected chi connectivity index (χ2v) is 5.40. The zero-order valence-corrected chi connectivity index (χ0v) is 12.7. The fraction of sp³-hybridized carbons (Fsp3) is 0.273. The average molecular weight is 326 g/mol. The second kappa shape index (κ2) is 5.62. The van der Waals surface area contributed by atoms with E-state index in [9.17, 15) is 0 Å². The van der Waals surface area contributed by atoms with Gasteiger partial charge in [-0.3, -0.25) is 0 Å². The molecule has 0 radical (unpaired) electrons. The van der Waals surface area contributed by atoms with E-state index in [0.29, 0.717) is 16.6 Å². The normalized spacial score (nSPS) is 11.3. The van der Waals surface area contributed by atoms with Gasteiger partial charge >= 0.3 is 0 Å². The molecule has 0 aliphatic rings. The lowest BCUT2D eigenvalue weighted by Gasteiger charge is -2.04. The van der Waals surface area contributed by atoms with Crippen molar-refractivity contribution in [3.05, 3.63) is 16.7 Å². The summed E-state index contributed by atoms with van der Waals surface area (Å²) in [7, 11) is 3.82. The maximum Gasteiger partial charge on any atom is 0.189 e. The first-order chi connectivity index (χ1) is 8.60. The molecule has 0 aliphatic carbocycles. The highest BCUT2D eigenvalue weighted by Gasteiger charge is 2.06. The summed E-state index contributed by atoms with van der Waals surface area (Å²) in [4.78, 5) is 19.1. The molecule has 2 rings (SSSR count). The van der Waals surface area contributed by atoms with Gasteiger partial charge in [-0.2, -0.15) is 0 Å². The van der Waals surface area contributed by atoms with Crippen LogP contribution >= 0.6 is 27.7 Å². The van der Waals surface area contributed by atoms with Crippen molar-refractivity contribution in [1.82, 2.24) is 19.9 Å². The van der Waals surface area contributed by atoms with Crippen LogP contribution in [-0.4, -0.2) is 46.5 Å². The van der Waals surface area contributed by atoms with Crippen molar-refractivity contribution >= 4 is 50.9 Å². The summed E-state index contributed by atoms with van der Waals surface area (Å²) in [5, 5.41) is 1.60. The first kappa shape index (κ1) is 13.2. The maximum absolute atomic E-state index is 4.42. The highest BCUT2D eigenvalue weighted by molar-refractivity contribution is 9.10. The minimum absolute atomic E-state index is 0.613. The molecule has 2 aromatic rings. The molecule has 0 aromatic carbocycles. The molecule has 0 N–H and O–H groups in total. The van der Waals surface area contributed by atoms with Crippen LogP contribution in [-0.2, 0) is 0 Å². The van der Waals surface area contributed by atoms with Crippen LogP contribution in [0.2, 0.25) is 0 Å². The number of nitrogens with zero attached hydrogens (tertiary/aromatic N) is 5. The third-order valence-corrected chi connectivity index (χ3v) is 3.22. The van der Waals surface area contributed by atoms with Gasteiger partial charge in [-0.15, -0.1) is 0 Å². The van der Waals surface area contributed by atoms with Crippen molar-refractivity contribution in [1.29, 1.82) is 0 Å². The molecule has 2 heterocycles. The SMILES string of the molecule is CSc1ncc2cc(Br)c(N=CN(C)C)nc2n1. The topological polar surface area (TPSA) is 54.3 Å². The van der Waals surface area contributed by atoms with E-state index in [1.807, 2.05) is 31.3 Å². The molecule has 0 unspecified atom stereocenters. The summed E-state index contributed by atoms with van der Waals surface area (Å²) in [6, 6.07) is 1.93. The summed E-state index contributed by atoms with van der Waals surface area (Å²) in [5.74, 6) is 0.613. The van der Waals surface area contributed by atoms with Gasteiger partial charge in [-0.1, -0.05) is 11.8 Å². The van der Waals surface area contributed by atoms with E-state index in [0.717, 1.165) is 9.86 Å². The lowest BCUT2D eigenvalue weighted by molar-refractivity contribution is 0.643. The van der Waals surface area contributed by atoms with E-state index >= 15 is 0 Å². The number of hydrogen-bond donors (Lipinski definition) is 0. The fourth-order valence-electron chi connectivity index (χ4n) is 1.27. The van der Waals surface area contributed by atoms with Crippen LogP contribution in [0.25, 0.3) is 11.0 Å². The molecular formula is C11H12BrN5S. The minimum Gasteiger partial charge on any atom is -0.369 e. The van der Waals surface area contributed by atoms with Crippen LogP contribution in [0.15, 0.2) is 26.9 Å². The summed E-state index contributed by atoms with van der Waals surface area (Å²) in [5.41, 5.74) is 0.656. The largest absolute Gasteiger partial charge is 0.369 e. The molecule has 0 saturated carbocycles. The molecule has 0 bridgehead atoms. The van der Waals surface area contributed by atoms with Gasteiger partial charge in [0, 0.05) is 25.7 Å². The number of fused-ring (bicyclic) bond motifs is 1. The molecule has 0 fully saturated rings. The molecule has 5 nitrogen and oxygen atoms in total. The summed E-state index contributed by atoms with van der Waals surface area (Å²) in [6.07, 6.45) is 5.41. The summed E-state index contributed by atoms with van der Waals surface area (Å²) < 4.78 is 0.827. The van der Waals surface area contributed by atoms with Crippen molar-refractivity contribution in [3.63, 3.8) is 0 Å². The molecule has 0 aliphatic heterocycles. The van der Waals surface area contributed by atoms with E-state index in [-0.39, 0.29) is 0 Å². The molecule has 18 heavy (non-hydrogen) atoms. The average Bonchev–Trinajstić information content (AvgIpc) is 2.35. The van der Waals surface area contributed by atoms with Crippen molar-refractivity contribution in [2.75, 3.05) is 20.4 Å². The molecule has 0 saturated heterocycles. The second-order valence-electron chi connectivity index (χ2n) is 3.77. The van der Waals surface area contributed by atoms with Crippen LogP contribution in [0.1, 0.15) is 0 Å². The summed E-state index contributed by atoms with van der Waals surface area (Å²) in [6.45, 7) is 0. The lowest BCUT2D eigenvalue weighted by Crippen LogP contribution is -2.07. The Morgan fingerprint density at radius 2 is 2.17 bits per heavy atom. The van der Waals surface area contributed by atoms with E-state index < -0.39 is 0 Å². The molecule has 2 aromatic heterocycles. The van der Waals surface area contributed by atoms with Gasteiger partial charge in [-0.25, -0.2) is 19.9 Å². The number of aliphatic imine (C=N–C) groups is 1. The number of halogens is 1. The third-order valence-electron chi connectivity index (χ3n) is 2.07. The van der Waals surface area contributed by atoms with E-state index in [4.69, 9.17) is 0 Å². The van der Waals surface area contributed by atoms with E-state index in [1.54, 1.807) is 12.5 Å². The van der Waals surface area contributed by atoms with Gasteiger partial charge in [0.1, 0.15) is 0 Å². The Kier molecular flexibility index (Phi) is 4.13. The highest BCUT2D eigenvalue weighted by Crippen LogP contribution is 2.26. The molecule has 7 heteroatoms. The van der Waals surface area contributed by atoms with Gasteiger partial charge in [0.2, 0.25) is 0 Å². The van der Waals surface area contributed by atoms with Crippen molar-refractivity contribution < 1.29 is 0 Å². The van der Waals surface area contributed by atoms with Gasteiger partial charge < -0.3 is 4.90 Å². The van der Waals surface area contributed by atoms with Crippen molar-refractivity contribution in [2.24, 2.45) is 4.99 Å². The number of thioether (sulfide) groups is 1. The lowest BCUT2D eigenvalue weighted by atomic mass is 10.3. The predicted octanol–water partition coefficient (Wildman–Crippen LogP) is 2.73. The number of pyridine rings is 1. The maximum atomic E-state index is 4.42. The first-order valence-corrected chi connectivity index (χ1v) is 7.20. The van der Waals surface area contributed by atoms with E-state index in [1.165, 1.54) is 11.8 Å². The standard InChI is InChI=1S/C11H12BrN5S/c1-17(2)6-14-10-8(12)4-7-5-13-11(18-3)16-9(7)15-10/h4-6H,1-3H3. The Morgan fingerprint density at radius 3 is 2.83 bits per heavy atom. The molecule has 0 atom stereocenters. The monoisotopic (exact) mass is 325 g/mol.